The standard InChI is InChI=1S/C20H20F2N2O4/c1-27-16-8-7-15(11-17(16)28-20(21)22)23-19(26)14-5-2-4-13(10-14)12-24-9-3-6-18(24)25/h2,4-5,7-8,10-11,20H,3,6,9,12H2,1H3,(H,23,26). The van der Waals surface area contributed by atoms with Crippen LogP contribution in [0.4, 0.5) is 14.5 Å². The summed E-state index contributed by atoms with van der Waals surface area (Å²) in [5.74, 6) is -0.324. The molecule has 2 amide bonds. The van der Waals surface area contributed by atoms with Crippen LogP contribution in [0.1, 0.15) is 28.8 Å². The molecule has 28 heavy (non-hydrogen) atoms. The molecule has 2 aromatic rings. The molecule has 1 aliphatic heterocycles. The number of halogens is 2. The smallest absolute Gasteiger partial charge is 0.387 e. The molecule has 0 aromatic heterocycles. The molecule has 1 aliphatic rings. The summed E-state index contributed by atoms with van der Waals surface area (Å²) < 4.78 is 34.5. The van der Waals surface area contributed by atoms with Crippen LogP contribution in [0, 0.1) is 0 Å². The van der Waals surface area contributed by atoms with Crippen LogP contribution in [0.2, 0.25) is 0 Å². The third-order valence-corrected chi connectivity index (χ3v) is 4.37. The molecule has 148 valence electrons. The lowest BCUT2D eigenvalue weighted by Crippen LogP contribution is -2.24. The van der Waals surface area contributed by atoms with E-state index in [1.54, 1.807) is 23.1 Å². The van der Waals surface area contributed by atoms with E-state index >= 15 is 0 Å². The number of nitrogens with one attached hydrogen (secondary N) is 1. The van der Waals surface area contributed by atoms with E-state index in [1.807, 2.05) is 6.07 Å². The molecule has 0 aliphatic carbocycles. The Morgan fingerprint density at radius 1 is 1.21 bits per heavy atom. The zero-order valence-electron chi connectivity index (χ0n) is 15.3. The molecule has 0 spiro atoms. The maximum Gasteiger partial charge on any atom is 0.387 e. The lowest BCUT2D eigenvalue weighted by molar-refractivity contribution is -0.128. The van der Waals surface area contributed by atoms with Crippen LogP contribution in [0.25, 0.3) is 0 Å². The van der Waals surface area contributed by atoms with Crippen LogP contribution in [-0.4, -0.2) is 37.0 Å². The van der Waals surface area contributed by atoms with Crippen LogP contribution in [0.3, 0.4) is 0 Å². The summed E-state index contributed by atoms with van der Waals surface area (Å²) >= 11 is 0. The van der Waals surface area contributed by atoms with Crippen molar-refractivity contribution in [3.05, 3.63) is 53.6 Å². The van der Waals surface area contributed by atoms with Gasteiger partial charge in [0.1, 0.15) is 0 Å². The fourth-order valence-electron chi connectivity index (χ4n) is 3.05. The van der Waals surface area contributed by atoms with Crippen LogP contribution < -0.4 is 14.8 Å². The number of hydrogen-bond donors (Lipinski definition) is 1. The molecule has 0 saturated carbocycles. The zero-order chi connectivity index (χ0) is 20.1. The Hall–Kier alpha value is -3.16. The van der Waals surface area contributed by atoms with Gasteiger partial charge in [-0.1, -0.05) is 12.1 Å². The second kappa shape index (κ2) is 8.69. The molecule has 1 fully saturated rings. The number of likely N-dealkylation sites (tertiary alicyclic amines) is 1. The zero-order valence-corrected chi connectivity index (χ0v) is 15.3. The first-order valence-electron chi connectivity index (χ1n) is 8.77. The quantitative estimate of drug-likeness (QED) is 0.783. The summed E-state index contributed by atoms with van der Waals surface area (Å²) in [5, 5.41) is 2.65. The second-order valence-electron chi connectivity index (χ2n) is 6.32. The minimum atomic E-state index is -3.01. The average molecular weight is 390 g/mol. The number of methoxy groups -OCH3 is 1. The van der Waals surface area contributed by atoms with Crippen molar-refractivity contribution in [2.24, 2.45) is 0 Å². The van der Waals surface area contributed by atoms with Crippen LogP contribution in [0.15, 0.2) is 42.5 Å². The highest BCUT2D eigenvalue weighted by atomic mass is 19.3. The van der Waals surface area contributed by atoms with Gasteiger partial charge in [-0.15, -0.1) is 0 Å². The number of nitrogens with zero attached hydrogens (tertiary/aromatic N) is 1. The van der Waals surface area contributed by atoms with E-state index in [0.29, 0.717) is 30.8 Å². The molecule has 8 heteroatoms. The van der Waals surface area contributed by atoms with Crippen molar-refractivity contribution in [1.82, 2.24) is 4.90 Å². The fraction of sp³-hybridized carbons (Fsp3) is 0.300. The molecule has 1 saturated heterocycles. The van der Waals surface area contributed by atoms with Gasteiger partial charge in [-0.25, -0.2) is 0 Å². The van der Waals surface area contributed by atoms with Crippen molar-refractivity contribution in [2.75, 3.05) is 19.0 Å². The number of rotatable bonds is 7. The third-order valence-electron chi connectivity index (χ3n) is 4.37. The maximum atomic E-state index is 12.5. The van der Waals surface area contributed by atoms with Gasteiger partial charge in [0.25, 0.3) is 5.91 Å². The number of carbonyl (C=O) groups is 2. The van der Waals surface area contributed by atoms with E-state index in [1.165, 1.54) is 25.3 Å². The van der Waals surface area contributed by atoms with Crippen LogP contribution in [0.5, 0.6) is 11.5 Å². The van der Waals surface area contributed by atoms with E-state index in [0.717, 1.165) is 12.0 Å². The largest absolute Gasteiger partial charge is 0.493 e. The number of ether oxygens (including phenoxy) is 2. The first kappa shape index (κ1) is 19.6. The number of alkyl halides is 2. The Bertz CT molecular complexity index is 873. The maximum absolute atomic E-state index is 12.5. The summed E-state index contributed by atoms with van der Waals surface area (Å²) in [7, 11) is 1.34. The Morgan fingerprint density at radius 2 is 2.04 bits per heavy atom. The first-order valence-corrected chi connectivity index (χ1v) is 8.77. The summed E-state index contributed by atoms with van der Waals surface area (Å²) in [5.41, 5.74) is 1.54. The summed E-state index contributed by atoms with van der Waals surface area (Å²) in [6, 6.07) is 11.2. The molecule has 6 nitrogen and oxygen atoms in total. The van der Waals surface area contributed by atoms with Crippen molar-refractivity contribution >= 4 is 17.5 Å². The highest BCUT2D eigenvalue weighted by Crippen LogP contribution is 2.31. The molecular weight excluding hydrogens is 370 g/mol. The van der Waals surface area contributed by atoms with Gasteiger partial charge in [0, 0.05) is 36.8 Å². The first-order chi connectivity index (χ1) is 13.5. The molecule has 2 aromatic carbocycles. The van der Waals surface area contributed by atoms with Gasteiger partial charge in [-0.05, 0) is 36.2 Å². The van der Waals surface area contributed by atoms with Gasteiger partial charge in [0.2, 0.25) is 5.91 Å². The summed E-state index contributed by atoms with van der Waals surface area (Å²) in [6.45, 7) is -1.84. The highest BCUT2D eigenvalue weighted by Gasteiger charge is 2.20. The van der Waals surface area contributed by atoms with Crippen LogP contribution in [-0.2, 0) is 11.3 Å². The normalized spacial score (nSPS) is 13.7. The van der Waals surface area contributed by atoms with E-state index in [2.05, 4.69) is 10.1 Å². The molecule has 0 atom stereocenters. The van der Waals surface area contributed by atoms with Gasteiger partial charge < -0.3 is 19.7 Å². The average Bonchev–Trinajstić information content (AvgIpc) is 3.06. The van der Waals surface area contributed by atoms with Gasteiger partial charge in [0.15, 0.2) is 11.5 Å². The lowest BCUT2D eigenvalue weighted by Gasteiger charge is -2.16. The van der Waals surface area contributed by atoms with Gasteiger partial charge in [-0.2, -0.15) is 8.78 Å². The number of anilines is 1. The molecule has 0 radical (unpaired) electrons. The summed E-state index contributed by atoms with van der Waals surface area (Å²) in [6.07, 6.45) is 1.40. The van der Waals surface area contributed by atoms with Crippen molar-refractivity contribution in [2.45, 2.75) is 26.0 Å². The Balaban J connectivity index is 1.72. The van der Waals surface area contributed by atoms with Gasteiger partial charge >= 0.3 is 6.61 Å². The molecule has 0 unspecified atom stereocenters. The Morgan fingerprint density at radius 3 is 2.71 bits per heavy atom. The minimum Gasteiger partial charge on any atom is -0.493 e. The molecule has 0 bridgehead atoms. The lowest BCUT2D eigenvalue weighted by atomic mass is 10.1. The van der Waals surface area contributed by atoms with Crippen molar-refractivity contribution in [1.29, 1.82) is 0 Å². The second-order valence-corrected chi connectivity index (χ2v) is 6.32. The van der Waals surface area contributed by atoms with Crippen molar-refractivity contribution in [3.8, 4) is 11.5 Å². The van der Waals surface area contributed by atoms with Gasteiger partial charge in [0.05, 0.1) is 7.11 Å². The number of benzene rings is 2. The van der Waals surface area contributed by atoms with E-state index in [4.69, 9.17) is 4.74 Å². The fourth-order valence-corrected chi connectivity index (χ4v) is 3.05. The number of amides is 2. The minimum absolute atomic E-state index is 0.111. The molecule has 3 rings (SSSR count). The van der Waals surface area contributed by atoms with Crippen molar-refractivity contribution in [3.63, 3.8) is 0 Å². The van der Waals surface area contributed by atoms with Gasteiger partial charge in [-0.3, -0.25) is 9.59 Å². The van der Waals surface area contributed by atoms with E-state index < -0.39 is 12.5 Å². The topological polar surface area (TPSA) is 67.9 Å². The predicted molar refractivity (Wildman–Crippen MR) is 98.7 cm³/mol. The summed E-state index contributed by atoms with van der Waals surface area (Å²) in [4.78, 5) is 26.1. The predicted octanol–water partition coefficient (Wildman–Crippen LogP) is 3.67. The SMILES string of the molecule is COc1ccc(NC(=O)c2cccc(CN3CCCC3=O)c2)cc1OC(F)F. The van der Waals surface area contributed by atoms with E-state index in [-0.39, 0.29) is 17.4 Å². The number of carbonyl (C=O) groups excluding carboxylic acids is 2. The molecule has 1 N–H and O–H groups in total. The molecular formula is C20H20F2N2O4. The van der Waals surface area contributed by atoms with Crippen molar-refractivity contribution < 1.29 is 27.8 Å². The Kier molecular flexibility index (Phi) is 6.08. The highest BCUT2D eigenvalue weighted by molar-refractivity contribution is 6.04. The molecule has 1 heterocycles. The van der Waals surface area contributed by atoms with E-state index in [9.17, 15) is 18.4 Å². The monoisotopic (exact) mass is 390 g/mol. The van der Waals surface area contributed by atoms with Crippen LogP contribution >= 0.6 is 0 Å². The third kappa shape index (κ3) is 4.76. The Labute approximate surface area is 161 Å². The number of hydrogen-bond acceptors (Lipinski definition) is 4.